The number of nitrogens with zero attached hydrogens (tertiary/aromatic N) is 1. The van der Waals surface area contributed by atoms with E-state index in [1.165, 1.54) is 0 Å². The van der Waals surface area contributed by atoms with E-state index >= 15 is 0 Å². The first-order chi connectivity index (χ1) is 14.3. The van der Waals surface area contributed by atoms with Crippen molar-refractivity contribution in [2.75, 3.05) is 20.8 Å². The summed E-state index contributed by atoms with van der Waals surface area (Å²) in [5.41, 5.74) is 1.04. The maximum absolute atomic E-state index is 13.4. The van der Waals surface area contributed by atoms with Crippen LogP contribution in [-0.4, -0.2) is 60.4 Å². The highest BCUT2D eigenvalue weighted by Gasteiger charge is 2.70. The number of carboxylic acid groups (broad SMARTS) is 1. The summed E-state index contributed by atoms with van der Waals surface area (Å²) in [7, 11) is 3.17. The second kappa shape index (κ2) is 7.47. The monoisotopic (exact) mass is 413 g/mol. The minimum absolute atomic E-state index is 0.152. The lowest BCUT2D eigenvalue weighted by Gasteiger charge is -2.33. The van der Waals surface area contributed by atoms with Crippen molar-refractivity contribution in [3.05, 3.63) is 48.1 Å². The SMILES string of the molecule is C=C(C)C[C@H]1N(CCc2ccc(OC)c(OC)c2)C(=O)[C@H]2[C@@H](C(=O)O)[C@H]3C=C[C@@]21O3. The molecule has 1 aromatic carbocycles. The summed E-state index contributed by atoms with van der Waals surface area (Å²) in [6, 6.07) is 5.41. The zero-order valence-corrected chi connectivity index (χ0v) is 17.5. The van der Waals surface area contributed by atoms with Crippen molar-refractivity contribution in [3.8, 4) is 11.5 Å². The quantitative estimate of drug-likeness (QED) is 0.659. The van der Waals surface area contributed by atoms with Crippen molar-refractivity contribution in [1.29, 1.82) is 0 Å². The molecule has 1 spiro atoms. The molecule has 5 atom stereocenters. The maximum atomic E-state index is 13.4. The lowest BCUT2D eigenvalue weighted by molar-refractivity contribution is -0.148. The molecule has 0 aromatic heterocycles. The van der Waals surface area contributed by atoms with Gasteiger partial charge in [0.2, 0.25) is 5.91 Å². The van der Waals surface area contributed by atoms with E-state index in [1.54, 1.807) is 25.2 Å². The van der Waals surface area contributed by atoms with Gasteiger partial charge in [-0.2, -0.15) is 0 Å². The average Bonchev–Trinajstić information content (AvgIpc) is 3.35. The number of aliphatic carboxylic acids is 1. The molecule has 7 nitrogen and oxygen atoms in total. The van der Waals surface area contributed by atoms with Crippen LogP contribution in [-0.2, 0) is 20.7 Å². The molecule has 2 bridgehead atoms. The van der Waals surface area contributed by atoms with E-state index in [0.29, 0.717) is 30.9 Å². The summed E-state index contributed by atoms with van der Waals surface area (Å²) in [6.45, 7) is 6.40. The molecule has 160 valence electrons. The van der Waals surface area contributed by atoms with E-state index in [9.17, 15) is 14.7 Å². The fourth-order valence-corrected chi connectivity index (χ4v) is 5.15. The molecular weight excluding hydrogens is 386 g/mol. The molecule has 0 unspecified atom stereocenters. The van der Waals surface area contributed by atoms with Gasteiger partial charge >= 0.3 is 5.97 Å². The van der Waals surface area contributed by atoms with E-state index in [2.05, 4.69) is 6.58 Å². The highest BCUT2D eigenvalue weighted by Crippen LogP contribution is 2.56. The fourth-order valence-electron chi connectivity index (χ4n) is 5.15. The Labute approximate surface area is 175 Å². The summed E-state index contributed by atoms with van der Waals surface area (Å²) in [6.07, 6.45) is 4.33. The molecule has 1 amide bonds. The topological polar surface area (TPSA) is 85.3 Å². The molecule has 1 aromatic rings. The van der Waals surface area contributed by atoms with Crippen LogP contribution < -0.4 is 9.47 Å². The van der Waals surface area contributed by atoms with Gasteiger partial charge in [0.05, 0.1) is 32.3 Å². The second-order valence-electron chi connectivity index (χ2n) is 8.28. The number of ether oxygens (including phenoxy) is 3. The number of hydrogen-bond donors (Lipinski definition) is 1. The Morgan fingerprint density at radius 3 is 2.67 bits per heavy atom. The average molecular weight is 413 g/mol. The highest BCUT2D eigenvalue weighted by molar-refractivity contribution is 5.91. The summed E-state index contributed by atoms with van der Waals surface area (Å²) in [4.78, 5) is 27.1. The Hall–Kier alpha value is -2.80. The number of carbonyl (C=O) groups excluding carboxylic acids is 1. The van der Waals surface area contributed by atoms with Gasteiger partial charge in [-0.3, -0.25) is 9.59 Å². The minimum Gasteiger partial charge on any atom is -0.493 e. The first-order valence-corrected chi connectivity index (χ1v) is 10.1. The summed E-state index contributed by atoms with van der Waals surface area (Å²) in [5, 5.41) is 9.74. The smallest absolute Gasteiger partial charge is 0.310 e. The summed E-state index contributed by atoms with van der Waals surface area (Å²) < 4.78 is 16.8. The number of methoxy groups -OCH3 is 2. The molecule has 7 heteroatoms. The van der Waals surface area contributed by atoms with Crippen molar-refractivity contribution < 1.29 is 28.9 Å². The van der Waals surface area contributed by atoms with E-state index in [4.69, 9.17) is 14.2 Å². The van der Waals surface area contributed by atoms with Crippen LogP contribution in [0.5, 0.6) is 11.5 Å². The standard InChI is InChI=1S/C23H27NO6/c1-13(2)11-18-23-9-7-16(30-23)19(22(26)27)20(23)21(25)24(18)10-8-14-5-6-15(28-3)17(12-14)29-4/h5-7,9,12,16,18-20H,1,8,10-11H2,2-4H3,(H,26,27)/t16-,18-,19+,20-,23+/m1/s1. The molecule has 30 heavy (non-hydrogen) atoms. The van der Waals surface area contributed by atoms with Crippen LogP contribution in [0.2, 0.25) is 0 Å². The van der Waals surface area contributed by atoms with Gasteiger partial charge in [-0.1, -0.05) is 23.8 Å². The number of carbonyl (C=O) groups is 2. The van der Waals surface area contributed by atoms with Crippen LogP contribution in [0.1, 0.15) is 18.9 Å². The Morgan fingerprint density at radius 1 is 1.30 bits per heavy atom. The van der Waals surface area contributed by atoms with E-state index in [0.717, 1.165) is 11.1 Å². The number of hydrogen-bond acceptors (Lipinski definition) is 5. The zero-order chi connectivity index (χ0) is 21.6. The lowest BCUT2D eigenvalue weighted by atomic mass is 9.74. The van der Waals surface area contributed by atoms with Crippen molar-refractivity contribution >= 4 is 11.9 Å². The van der Waals surface area contributed by atoms with Gasteiger partial charge in [0.15, 0.2) is 11.5 Å². The minimum atomic E-state index is -0.986. The molecule has 0 saturated carbocycles. The predicted octanol–water partition coefficient (Wildman–Crippen LogP) is 2.45. The molecule has 4 rings (SSSR count). The number of carboxylic acids is 1. The predicted molar refractivity (Wildman–Crippen MR) is 110 cm³/mol. The third-order valence-electron chi connectivity index (χ3n) is 6.45. The van der Waals surface area contributed by atoms with Gasteiger partial charge < -0.3 is 24.2 Å². The van der Waals surface area contributed by atoms with Gasteiger partial charge in [-0.05, 0) is 37.5 Å². The van der Waals surface area contributed by atoms with E-state index in [-0.39, 0.29) is 11.9 Å². The molecule has 3 aliphatic heterocycles. The number of benzene rings is 1. The molecule has 1 N–H and O–H groups in total. The van der Waals surface area contributed by atoms with E-state index in [1.807, 2.05) is 31.2 Å². The Kier molecular flexibility index (Phi) is 5.10. The first kappa shape index (κ1) is 20.5. The molecule has 3 aliphatic rings. The lowest BCUT2D eigenvalue weighted by Crippen LogP contribution is -2.45. The third-order valence-corrected chi connectivity index (χ3v) is 6.45. The summed E-state index contributed by atoms with van der Waals surface area (Å²) >= 11 is 0. The van der Waals surface area contributed by atoms with Crippen molar-refractivity contribution in [2.45, 2.75) is 37.5 Å². The number of rotatable bonds is 8. The van der Waals surface area contributed by atoms with Crippen molar-refractivity contribution in [1.82, 2.24) is 4.90 Å². The third kappa shape index (κ3) is 2.99. The van der Waals surface area contributed by atoms with Gasteiger partial charge in [0, 0.05) is 6.54 Å². The van der Waals surface area contributed by atoms with Gasteiger partial charge in [0.25, 0.3) is 0 Å². The van der Waals surface area contributed by atoms with Crippen LogP contribution >= 0.6 is 0 Å². The van der Waals surface area contributed by atoms with Crippen molar-refractivity contribution in [2.24, 2.45) is 11.8 Å². The van der Waals surface area contributed by atoms with Gasteiger partial charge in [0.1, 0.15) is 11.5 Å². The van der Waals surface area contributed by atoms with Crippen molar-refractivity contribution in [3.63, 3.8) is 0 Å². The fraction of sp³-hybridized carbons (Fsp3) is 0.478. The van der Waals surface area contributed by atoms with Crippen LogP contribution in [0, 0.1) is 11.8 Å². The molecule has 2 saturated heterocycles. The molecule has 0 aliphatic carbocycles. The first-order valence-electron chi connectivity index (χ1n) is 10.1. The second-order valence-corrected chi connectivity index (χ2v) is 8.28. The van der Waals surface area contributed by atoms with Crippen LogP contribution in [0.4, 0.5) is 0 Å². The van der Waals surface area contributed by atoms with Crippen LogP contribution in [0.3, 0.4) is 0 Å². The Balaban J connectivity index is 1.61. The Morgan fingerprint density at radius 2 is 2.03 bits per heavy atom. The molecule has 0 radical (unpaired) electrons. The van der Waals surface area contributed by atoms with Crippen LogP contribution in [0.15, 0.2) is 42.5 Å². The zero-order valence-electron chi connectivity index (χ0n) is 17.5. The molecule has 2 fully saturated rings. The number of likely N-dealkylation sites (tertiary alicyclic amines) is 1. The van der Waals surface area contributed by atoms with Crippen LogP contribution in [0.25, 0.3) is 0 Å². The number of amides is 1. The highest BCUT2D eigenvalue weighted by atomic mass is 16.5. The molecular formula is C23H27NO6. The maximum Gasteiger partial charge on any atom is 0.310 e. The van der Waals surface area contributed by atoms with Gasteiger partial charge in [-0.25, -0.2) is 0 Å². The summed E-state index contributed by atoms with van der Waals surface area (Å²) in [5.74, 6) is -1.40. The molecule has 3 heterocycles. The largest absolute Gasteiger partial charge is 0.493 e. The normalized spacial score (nSPS) is 31.2. The van der Waals surface area contributed by atoms with E-state index < -0.39 is 29.5 Å². The number of fused-ring (bicyclic) bond motifs is 1. The van der Waals surface area contributed by atoms with Gasteiger partial charge in [-0.15, -0.1) is 6.58 Å². The Bertz CT molecular complexity index is 924.